The van der Waals surface area contributed by atoms with Gasteiger partial charge in [-0.05, 0) is 65.6 Å². The van der Waals surface area contributed by atoms with Crippen LogP contribution in [0.5, 0.6) is 0 Å². The summed E-state index contributed by atoms with van der Waals surface area (Å²) in [6.07, 6.45) is 1.60. The number of carbonyl (C=O) groups excluding carboxylic acids is 1. The molecule has 0 radical (unpaired) electrons. The third-order valence-corrected chi connectivity index (χ3v) is 8.57. The van der Waals surface area contributed by atoms with Crippen molar-refractivity contribution in [1.29, 1.82) is 0 Å². The monoisotopic (exact) mass is 542 g/mol. The van der Waals surface area contributed by atoms with Gasteiger partial charge < -0.3 is 10.2 Å². The van der Waals surface area contributed by atoms with E-state index >= 15 is 0 Å². The normalized spacial score (nSPS) is 15.1. The van der Waals surface area contributed by atoms with Crippen molar-refractivity contribution in [2.24, 2.45) is 5.18 Å². The maximum atomic E-state index is 13.0. The molecule has 8 nitrogen and oxygen atoms in total. The van der Waals surface area contributed by atoms with Gasteiger partial charge in [0.25, 0.3) is 5.91 Å². The Morgan fingerprint density at radius 1 is 0.872 bits per heavy atom. The minimum absolute atomic E-state index is 0.145. The highest BCUT2D eigenvalue weighted by Gasteiger charge is 2.25. The van der Waals surface area contributed by atoms with E-state index in [4.69, 9.17) is 0 Å². The molecule has 5 rings (SSSR count). The van der Waals surface area contributed by atoms with E-state index in [0.717, 1.165) is 22.0 Å². The fourth-order valence-corrected chi connectivity index (χ4v) is 6.21. The van der Waals surface area contributed by atoms with Crippen molar-refractivity contribution in [3.05, 3.63) is 108 Å². The number of fused-ring (bicyclic) bond motifs is 1. The molecular weight excluding hydrogens is 512 g/mol. The molecule has 0 saturated carbocycles. The first-order chi connectivity index (χ1) is 18.9. The summed E-state index contributed by atoms with van der Waals surface area (Å²) in [6, 6.07) is 28.5. The van der Waals surface area contributed by atoms with Gasteiger partial charge in [-0.1, -0.05) is 65.8 Å². The van der Waals surface area contributed by atoms with Crippen molar-refractivity contribution in [3.8, 4) is 0 Å². The maximum Gasteiger partial charge on any atom is 0.253 e. The van der Waals surface area contributed by atoms with Crippen LogP contribution in [0.3, 0.4) is 0 Å². The lowest BCUT2D eigenvalue weighted by Gasteiger charge is -2.34. The second-order valence-electron chi connectivity index (χ2n) is 9.74. The number of sulfonamides is 1. The van der Waals surface area contributed by atoms with E-state index in [0.29, 0.717) is 31.6 Å². The Morgan fingerprint density at radius 2 is 1.54 bits per heavy atom. The Bertz CT molecular complexity index is 1550. The molecule has 200 valence electrons. The van der Waals surface area contributed by atoms with E-state index in [1.165, 1.54) is 0 Å². The van der Waals surface area contributed by atoms with Crippen LogP contribution in [0.4, 0.5) is 11.4 Å². The Hall–Kier alpha value is -4.08. The van der Waals surface area contributed by atoms with E-state index < -0.39 is 22.0 Å². The van der Waals surface area contributed by atoms with Crippen LogP contribution < -0.4 is 14.9 Å². The van der Waals surface area contributed by atoms with Gasteiger partial charge in [-0.25, -0.2) is 13.1 Å². The van der Waals surface area contributed by atoms with Gasteiger partial charge in [0.05, 0.1) is 4.90 Å². The van der Waals surface area contributed by atoms with E-state index in [1.54, 1.807) is 24.3 Å². The maximum absolute atomic E-state index is 13.0. The zero-order chi connectivity index (χ0) is 27.2. The summed E-state index contributed by atoms with van der Waals surface area (Å²) in [7, 11) is -3.62. The summed E-state index contributed by atoms with van der Waals surface area (Å²) in [4.78, 5) is 26.3. The van der Waals surface area contributed by atoms with Gasteiger partial charge in [0, 0.05) is 36.9 Å². The Kier molecular flexibility index (Phi) is 7.99. The molecule has 4 aromatic carbocycles. The van der Waals surface area contributed by atoms with Crippen LogP contribution in [0.2, 0.25) is 0 Å². The Balaban J connectivity index is 1.14. The predicted octanol–water partition coefficient (Wildman–Crippen LogP) is 5.10. The summed E-state index contributed by atoms with van der Waals surface area (Å²) in [5.74, 6) is -0.443. The van der Waals surface area contributed by atoms with Crippen molar-refractivity contribution in [3.63, 3.8) is 0 Å². The molecule has 1 heterocycles. The molecule has 39 heavy (non-hydrogen) atoms. The zero-order valence-electron chi connectivity index (χ0n) is 21.4. The topological polar surface area (TPSA) is 108 Å². The predicted molar refractivity (Wildman–Crippen MR) is 154 cm³/mol. The van der Waals surface area contributed by atoms with Crippen LogP contribution in [0.15, 0.2) is 107 Å². The van der Waals surface area contributed by atoms with E-state index in [2.05, 4.69) is 20.1 Å². The summed E-state index contributed by atoms with van der Waals surface area (Å²) < 4.78 is 28.9. The number of anilines is 2. The largest absolute Gasteiger partial charge is 0.371 e. The quantitative estimate of drug-likeness (QED) is 0.286. The molecule has 1 aliphatic rings. The van der Waals surface area contributed by atoms with Crippen LogP contribution in [0, 0.1) is 4.91 Å². The van der Waals surface area contributed by atoms with Gasteiger partial charge in [0.15, 0.2) is 6.04 Å². The molecule has 2 N–H and O–H groups in total. The van der Waals surface area contributed by atoms with Crippen LogP contribution in [-0.4, -0.2) is 39.5 Å². The molecule has 0 aliphatic carbocycles. The average Bonchev–Trinajstić information content (AvgIpc) is 2.97. The third-order valence-electron chi connectivity index (χ3n) is 7.05. The van der Waals surface area contributed by atoms with Crippen molar-refractivity contribution < 1.29 is 13.2 Å². The molecule has 1 unspecified atom stereocenters. The Labute approximate surface area is 228 Å². The van der Waals surface area contributed by atoms with E-state index in [1.807, 2.05) is 72.8 Å². The lowest BCUT2D eigenvalue weighted by atomic mass is 10.1. The number of piperidine rings is 1. The molecule has 1 amide bonds. The zero-order valence-corrected chi connectivity index (χ0v) is 22.2. The van der Waals surface area contributed by atoms with Crippen LogP contribution in [0.1, 0.15) is 18.4 Å². The van der Waals surface area contributed by atoms with Gasteiger partial charge in [-0.15, -0.1) is 4.91 Å². The highest BCUT2D eigenvalue weighted by molar-refractivity contribution is 7.89. The fourth-order valence-electron chi connectivity index (χ4n) is 4.87. The number of hydrogen-bond donors (Lipinski definition) is 2. The van der Waals surface area contributed by atoms with Crippen molar-refractivity contribution in [2.75, 3.05) is 23.3 Å². The summed E-state index contributed by atoms with van der Waals surface area (Å²) in [6.45, 7) is 1.40. The number of hydrogen-bond acceptors (Lipinski definition) is 6. The molecule has 0 bridgehead atoms. The molecule has 1 saturated heterocycles. The number of benzene rings is 4. The lowest BCUT2D eigenvalue weighted by molar-refractivity contribution is -0.117. The van der Waals surface area contributed by atoms with Crippen LogP contribution in [0.25, 0.3) is 10.8 Å². The number of carbonyl (C=O) groups is 1. The summed E-state index contributed by atoms with van der Waals surface area (Å²) in [5.41, 5.74) is 2.44. The number of rotatable bonds is 9. The summed E-state index contributed by atoms with van der Waals surface area (Å²) >= 11 is 0. The molecular formula is C30H30N4O4S. The Morgan fingerprint density at radius 3 is 2.23 bits per heavy atom. The highest BCUT2D eigenvalue weighted by Crippen LogP contribution is 2.24. The van der Waals surface area contributed by atoms with E-state index in [-0.39, 0.29) is 17.4 Å². The minimum Gasteiger partial charge on any atom is -0.371 e. The van der Waals surface area contributed by atoms with Gasteiger partial charge in [0.2, 0.25) is 10.0 Å². The first-order valence-corrected chi connectivity index (χ1v) is 14.4. The number of nitroso groups, excluding NO2 is 1. The highest BCUT2D eigenvalue weighted by atomic mass is 32.2. The molecule has 1 aliphatic heterocycles. The average molecular weight is 543 g/mol. The smallest absolute Gasteiger partial charge is 0.253 e. The molecule has 0 aromatic heterocycles. The standard InChI is InChI=1S/C30H30N4O4S/c35-30(29(32-36)20-22-6-2-1-3-7-22)31-25-11-13-27(14-12-25)34-18-16-26(17-19-34)33-39(37,38)28-15-10-23-8-4-5-9-24(23)21-28/h1-15,21,26,29,33H,16-20H2,(H,31,35). The molecule has 1 fully saturated rings. The van der Waals surface area contributed by atoms with Gasteiger partial charge in [-0.3, -0.25) is 4.79 Å². The first-order valence-electron chi connectivity index (χ1n) is 12.9. The van der Waals surface area contributed by atoms with Crippen LogP contribution >= 0.6 is 0 Å². The second kappa shape index (κ2) is 11.8. The van der Waals surface area contributed by atoms with Gasteiger partial charge in [-0.2, -0.15) is 0 Å². The fraction of sp³-hybridized carbons (Fsp3) is 0.233. The van der Waals surface area contributed by atoms with Gasteiger partial charge in [0.1, 0.15) is 0 Å². The summed E-state index contributed by atoms with van der Waals surface area (Å²) in [5, 5.41) is 7.69. The molecule has 9 heteroatoms. The molecule has 4 aromatic rings. The second-order valence-corrected chi connectivity index (χ2v) is 11.5. The molecule has 1 atom stereocenters. The van der Waals surface area contributed by atoms with E-state index in [9.17, 15) is 18.1 Å². The minimum atomic E-state index is -3.62. The van der Waals surface area contributed by atoms with Gasteiger partial charge >= 0.3 is 0 Å². The molecule has 0 spiro atoms. The third kappa shape index (κ3) is 6.50. The van der Waals surface area contributed by atoms with Crippen molar-refractivity contribution in [2.45, 2.75) is 36.2 Å². The lowest BCUT2D eigenvalue weighted by Crippen LogP contribution is -2.44. The first kappa shape index (κ1) is 26.5. The number of amides is 1. The van der Waals surface area contributed by atoms with Crippen molar-refractivity contribution in [1.82, 2.24) is 4.72 Å². The SMILES string of the molecule is O=NC(Cc1ccccc1)C(=O)Nc1ccc(N2CCC(NS(=O)(=O)c3ccc4ccccc4c3)CC2)cc1. The van der Waals surface area contributed by atoms with Crippen LogP contribution in [-0.2, 0) is 21.2 Å². The van der Waals surface area contributed by atoms with Crippen molar-refractivity contribution >= 4 is 38.1 Å². The number of nitrogens with one attached hydrogen (secondary N) is 2. The number of nitrogens with zero attached hydrogens (tertiary/aromatic N) is 2.